The smallest absolute Gasteiger partial charge is 0.383 e. The highest BCUT2D eigenvalue weighted by atomic mass is 32.2. The Kier molecular flexibility index (Phi) is 19.1. The van der Waals surface area contributed by atoms with Crippen LogP contribution in [-0.2, 0) is 29.3 Å². The van der Waals surface area contributed by atoms with Crippen molar-refractivity contribution >= 4 is 84.5 Å². The van der Waals surface area contributed by atoms with E-state index in [2.05, 4.69) is 40.9 Å². The molecule has 0 saturated heterocycles. The van der Waals surface area contributed by atoms with Crippen LogP contribution in [0.5, 0.6) is 11.6 Å². The molecule has 3 atom stereocenters. The number of aliphatic hydroxyl groups is 2. The zero-order valence-electron chi connectivity index (χ0n) is 42.1. The average molecular weight is 1070 g/mol. The summed E-state index contributed by atoms with van der Waals surface area (Å²) in [6, 6.07) is 12.3. The number of quaternary nitrogens is 1. The summed E-state index contributed by atoms with van der Waals surface area (Å²) in [7, 11) is -1.06. The summed E-state index contributed by atoms with van der Waals surface area (Å²) in [5, 5.41) is 74.6. The minimum atomic E-state index is -4.89. The molecule has 26 heteroatoms. The molecule has 2 aromatic carbocycles. The molecule has 0 saturated carbocycles. The Morgan fingerprint density at radius 3 is 2.04 bits per heavy atom. The number of nitrogens with one attached hydrogen (secondary N) is 4. The molecule has 4 heterocycles. The molecule has 11 N–H and O–H groups in total. The quantitative estimate of drug-likeness (QED) is 0.0146. The molecule has 25 nitrogen and oxygen atoms in total. The van der Waals surface area contributed by atoms with Gasteiger partial charge < -0.3 is 35.5 Å². The van der Waals surface area contributed by atoms with Crippen molar-refractivity contribution in [2.24, 2.45) is 20.4 Å². The van der Waals surface area contributed by atoms with Crippen LogP contribution in [0.2, 0.25) is 0 Å². The highest BCUT2D eigenvalue weighted by molar-refractivity contribution is 7.86. The minimum absolute atomic E-state index is 0.0297. The number of allylic oxidation sites excluding steroid dienone is 4. The number of phenols is 1. The molecule has 1 aliphatic carbocycles. The summed E-state index contributed by atoms with van der Waals surface area (Å²) in [5.41, 5.74) is 4.71. The van der Waals surface area contributed by atoms with Crippen molar-refractivity contribution in [3.05, 3.63) is 131 Å². The van der Waals surface area contributed by atoms with E-state index in [1.54, 1.807) is 94.1 Å². The minimum Gasteiger partial charge on any atom is -0.505 e. The number of rotatable bonds is 14. The summed E-state index contributed by atoms with van der Waals surface area (Å²) >= 11 is 0. The van der Waals surface area contributed by atoms with Gasteiger partial charge in [0.15, 0.2) is 18.6 Å². The Morgan fingerprint density at radius 2 is 1.49 bits per heavy atom. The molecule has 2 amide bonds. The number of fused-ring (bicyclic) bond motifs is 1. The van der Waals surface area contributed by atoms with Gasteiger partial charge in [-0.2, -0.15) is 23.1 Å². The number of pyridine rings is 3. The van der Waals surface area contributed by atoms with E-state index in [1.165, 1.54) is 38.1 Å². The van der Waals surface area contributed by atoms with E-state index in [0.717, 1.165) is 10.6 Å². The number of carbonyl (C=O) groups excluding carboxylic acids is 2. The van der Waals surface area contributed by atoms with Crippen LogP contribution in [0.25, 0.3) is 16.5 Å². The van der Waals surface area contributed by atoms with Gasteiger partial charge in [-0.1, -0.05) is 11.2 Å². The number of aliphatic hydroxyl groups excluding tert-OH is 2. The molecule has 0 bridgehead atoms. The molecular formula is C50H57N11O14S+4. The SMILES string of the molecule is CC(O)C(=O)O.CC(O)C(=O)O.CC1=CC(=O)[N+](CCCN(C)C)(c2ccc[nH+]c2)C(=O)C1=N[NH+]=C1C=CC(=NNc2c(S(=O)(=O)O)cc3ccc(N=Nc4c(C)c(C)c(=O)n(-c5ccc[nH+]c5)c4O)cc3c2O)C=C1. The van der Waals surface area contributed by atoms with Gasteiger partial charge in [-0.15, -0.1) is 5.11 Å². The van der Waals surface area contributed by atoms with Gasteiger partial charge in [-0.3, -0.25) is 14.8 Å². The Labute approximate surface area is 434 Å². The number of nitrogens with zero attached hydrogens (tertiary/aromatic N) is 7. The lowest BCUT2D eigenvalue weighted by atomic mass is 10.0. The monoisotopic (exact) mass is 1070 g/mol. The first-order valence-electron chi connectivity index (χ1n) is 22.9. The van der Waals surface area contributed by atoms with Crippen LogP contribution in [0.3, 0.4) is 0 Å². The van der Waals surface area contributed by atoms with E-state index in [4.69, 9.17) is 20.4 Å². The maximum absolute atomic E-state index is 14.2. The molecule has 0 fully saturated rings. The number of H-pyrrole nitrogens is 2. The van der Waals surface area contributed by atoms with Gasteiger partial charge in [-0.05, 0) is 96.1 Å². The summed E-state index contributed by atoms with van der Waals surface area (Å²) in [4.78, 5) is 67.1. The number of hydrogen-bond donors (Lipinski definition) is 9. The van der Waals surface area contributed by atoms with Crippen molar-refractivity contribution < 1.29 is 77.9 Å². The Balaban J connectivity index is 0.000000797. The Bertz CT molecular complexity index is 3420. The van der Waals surface area contributed by atoms with Crippen LogP contribution in [0.1, 0.15) is 38.3 Å². The number of aliphatic carboxylic acids is 2. The van der Waals surface area contributed by atoms with E-state index >= 15 is 0 Å². The lowest BCUT2D eigenvalue weighted by molar-refractivity contribution is -0.460. The number of amides is 2. The number of carboxylic acids is 2. The second-order valence-electron chi connectivity index (χ2n) is 17.3. The molecular weight excluding hydrogens is 1010 g/mol. The number of carbonyl (C=O) groups is 4. The largest absolute Gasteiger partial charge is 0.505 e. The first kappa shape index (κ1) is 58.1. The predicted octanol–water partition coefficient (Wildman–Crippen LogP) is 1.96. The fourth-order valence-corrected chi connectivity index (χ4v) is 7.89. The number of carboxylic acid groups (broad SMARTS) is 2. The van der Waals surface area contributed by atoms with Crippen molar-refractivity contribution in [3.63, 3.8) is 0 Å². The molecule has 76 heavy (non-hydrogen) atoms. The highest BCUT2D eigenvalue weighted by Crippen LogP contribution is 2.41. The molecule has 3 unspecified atom stereocenters. The molecule has 0 spiro atoms. The van der Waals surface area contributed by atoms with Crippen LogP contribution < -0.4 is 30.5 Å². The van der Waals surface area contributed by atoms with Gasteiger partial charge in [0.25, 0.3) is 15.7 Å². The number of hydrogen-bond acceptors (Lipinski definition) is 17. The Hall–Kier alpha value is -8.79. The van der Waals surface area contributed by atoms with Gasteiger partial charge in [0.1, 0.15) is 46.5 Å². The second kappa shape index (κ2) is 25.0. The molecule has 398 valence electrons. The van der Waals surface area contributed by atoms with Crippen LogP contribution in [0.4, 0.5) is 22.7 Å². The van der Waals surface area contributed by atoms with Crippen molar-refractivity contribution in [1.82, 2.24) is 14.0 Å². The number of aromatic nitrogens is 3. The standard InChI is InChI=1S/C44H41N11O8S.2C3H6O3/c1-26-21-37(56)55(20-8-19-53(4)5,34-10-7-18-46-25-34)44(60)38(26)50-47-30-13-15-31(16-14-30)48-52-40-36(64(61,62)63)22-29-11-12-32(23-35(29)41(40)57)49-51-39-27(2)28(3)42(58)54(43(39)59)33-9-6-17-45-24-33;2*1-2(4)3(5)6/h6-7,9-18,21-25H,8,19-20H2,1-5H3,(H3-,47,48,49,50,51,52,56,57,58,59,60,61,62,63);2*2,4H,1H3,(H,5,6)/p+4. The molecule has 1 aliphatic heterocycles. The van der Waals surface area contributed by atoms with Gasteiger partial charge >= 0.3 is 23.8 Å². The highest BCUT2D eigenvalue weighted by Gasteiger charge is 2.53. The van der Waals surface area contributed by atoms with Crippen molar-refractivity contribution in [2.45, 2.75) is 58.1 Å². The fraction of sp³-hybridized carbons (Fsp3) is 0.240. The third kappa shape index (κ3) is 13.7. The van der Waals surface area contributed by atoms with Gasteiger partial charge in [0.05, 0.1) is 11.4 Å². The van der Waals surface area contributed by atoms with Gasteiger partial charge in [0.2, 0.25) is 29.2 Å². The van der Waals surface area contributed by atoms with Crippen LogP contribution >= 0.6 is 0 Å². The summed E-state index contributed by atoms with van der Waals surface area (Å²) < 4.78 is 35.8. The van der Waals surface area contributed by atoms with E-state index in [9.17, 15) is 47.2 Å². The molecule has 7 rings (SSSR count). The van der Waals surface area contributed by atoms with Gasteiger partial charge in [0, 0.05) is 71.0 Å². The average Bonchev–Trinajstić information content (AvgIpc) is 3.37. The van der Waals surface area contributed by atoms with Crippen LogP contribution in [0.15, 0.2) is 139 Å². The number of aromatic amines is 2. The van der Waals surface area contributed by atoms with Crippen LogP contribution in [-0.4, -0.2) is 133 Å². The van der Waals surface area contributed by atoms with Crippen molar-refractivity contribution in [3.8, 4) is 17.3 Å². The predicted molar refractivity (Wildman–Crippen MR) is 277 cm³/mol. The topological polar surface area (TPSA) is 373 Å². The van der Waals surface area contributed by atoms with Gasteiger partial charge in [-0.25, -0.2) is 33.7 Å². The summed E-state index contributed by atoms with van der Waals surface area (Å²) in [6.07, 6.45) is 12.3. The lowest BCUT2D eigenvalue weighted by Gasteiger charge is -2.33. The third-order valence-corrected chi connectivity index (χ3v) is 12.3. The number of imide groups is 1. The number of anilines is 1. The fourth-order valence-electron chi connectivity index (χ4n) is 7.21. The number of hydrazone groups is 2. The zero-order valence-corrected chi connectivity index (χ0v) is 42.9. The summed E-state index contributed by atoms with van der Waals surface area (Å²) in [6.45, 7) is 8.15. The first-order chi connectivity index (χ1) is 35.8. The van der Waals surface area contributed by atoms with E-state index in [0.29, 0.717) is 46.8 Å². The maximum Gasteiger partial charge on any atom is 0.383 e. The first-order valence-corrected chi connectivity index (χ1v) is 24.3. The maximum atomic E-state index is 14.2. The molecule has 5 aromatic rings. The number of aromatic hydroxyl groups is 2. The van der Waals surface area contributed by atoms with E-state index < -0.39 is 72.4 Å². The molecule has 3 aromatic heterocycles. The van der Waals surface area contributed by atoms with Crippen LogP contribution in [0, 0.1) is 13.8 Å². The van der Waals surface area contributed by atoms with E-state index in [1.807, 2.05) is 19.0 Å². The Morgan fingerprint density at radius 1 is 0.868 bits per heavy atom. The zero-order chi connectivity index (χ0) is 56.2. The third-order valence-electron chi connectivity index (χ3n) is 11.5. The number of azo groups is 1. The second-order valence-corrected chi connectivity index (χ2v) is 18.7. The number of benzene rings is 2. The molecule has 2 aliphatic rings. The molecule has 0 radical (unpaired) electrons. The normalized spacial score (nSPS) is 16.7. The summed E-state index contributed by atoms with van der Waals surface area (Å²) in [5.74, 6) is -4.24. The number of phenolic OH excluding ortho intramolecular Hbond substituents is 1. The lowest BCUT2D eigenvalue weighted by Crippen LogP contribution is -2.70. The van der Waals surface area contributed by atoms with Crippen molar-refractivity contribution in [2.75, 3.05) is 32.6 Å². The van der Waals surface area contributed by atoms with Crippen molar-refractivity contribution in [1.29, 1.82) is 0 Å². The van der Waals surface area contributed by atoms with E-state index in [-0.39, 0.29) is 46.0 Å².